The molecule has 0 radical (unpaired) electrons. The van der Waals surface area contributed by atoms with Gasteiger partial charge in [0.15, 0.2) is 0 Å². The van der Waals surface area contributed by atoms with Crippen molar-refractivity contribution in [2.75, 3.05) is 25.1 Å². The van der Waals surface area contributed by atoms with Gasteiger partial charge in [0.25, 0.3) is 0 Å². The van der Waals surface area contributed by atoms with E-state index in [4.69, 9.17) is 4.74 Å². The molecule has 0 atom stereocenters. The number of hydrogen-bond acceptors (Lipinski definition) is 5. The fourth-order valence-corrected chi connectivity index (χ4v) is 2.90. The lowest BCUT2D eigenvalue weighted by molar-refractivity contribution is 0.1000. The molecule has 1 aliphatic rings. The Morgan fingerprint density at radius 2 is 2.17 bits per heavy atom. The Bertz CT molecular complexity index is 339. The van der Waals surface area contributed by atoms with Crippen LogP contribution < -0.4 is 5.32 Å². The van der Waals surface area contributed by atoms with Gasteiger partial charge < -0.3 is 10.1 Å². The molecular weight excluding hydrogens is 246 g/mol. The summed E-state index contributed by atoms with van der Waals surface area (Å²) in [6.07, 6.45) is 7.13. The first kappa shape index (κ1) is 13.6. The molecule has 4 nitrogen and oxygen atoms in total. The molecule has 0 spiro atoms. The van der Waals surface area contributed by atoms with Crippen LogP contribution in [0.1, 0.15) is 31.9 Å². The normalized spacial score (nSPS) is 16.7. The second-order valence-corrected chi connectivity index (χ2v) is 5.73. The lowest BCUT2D eigenvalue weighted by atomic mass is 10.2. The third kappa shape index (κ3) is 4.46. The van der Waals surface area contributed by atoms with Crippen LogP contribution in [0.2, 0.25) is 0 Å². The van der Waals surface area contributed by atoms with E-state index in [9.17, 15) is 0 Å². The molecule has 0 aromatic carbocycles. The number of ether oxygens (including phenoxy) is 1. The van der Waals surface area contributed by atoms with E-state index in [1.165, 1.54) is 0 Å². The Morgan fingerprint density at radius 1 is 1.33 bits per heavy atom. The van der Waals surface area contributed by atoms with E-state index in [-0.39, 0.29) is 0 Å². The lowest BCUT2D eigenvalue weighted by Gasteiger charge is -2.21. The minimum absolute atomic E-state index is 0.721. The smallest absolute Gasteiger partial charge is 0.144 e. The Hall–Kier alpha value is -0.810. The highest BCUT2D eigenvalue weighted by atomic mass is 32.2. The first-order valence-electron chi connectivity index (χ1n) is 6.62. The third-order valence-corrected chi connectivity index (χ3v) is 4.30. The van der Waals surface area contributed by atoms with Gasteiger partial charge in [-0.25, -0.2) is 4.98 Å². The zero-order valence-corrected chi connectivity index (χ0v) is 11.7. The molecule has 1 aromatic heterocycles. The van der Waals surface area contributed by atoms with E-state index in [1.54, 1.807) is 0 Å². The first-order chi connectivity index (χ1) is 8.88. The second-order valence-electron chi connectivity index (χ2n) is 4.44. The van der Waals surface area contributed by atoms with Gasteiger partial charge in [0.1, 0.15) is 5.82 Å². The molecular formula is C13H21N3OS. The minimum atomic E-state index is 0.721. The predicted molar refractivity (Wildman–Crippen MR) is 75.9 cm³/mol. The predicted octanol–water partition coefficient (Wildman–Crippen LogP) is 2.71. The summed E-state index contributed by atoms with van der Waals surface area (Å²) in [6, 6.07) is 0. The molecule has 0 aliphatic carbocycles. The number of nitrogens with zero attached hydrogens (tertiary/aromatic N) is 2. The molecule has 0 bridgehead atoms. The van der Waals surface area contributed by atoms with Crippen molar-refractivity contribution < 1.29 is 4.74 Å². The van der Waals surface area contributed by atoms with Crippen molar-refractivity contribution in [3.63, 3.8) is 0 Å². The molecule has 0 saturated carbocycles. The third-order valence-electron chi connectivity index (χ3n) is 2.90. The summed E-state index contributed by atoms with van der Waals surface area (Å²) in [4.78, 5) is 8.81. The van der Waals surface area contributed by atoms with Gasteiger partial charge in [0.2, 0.25) is 0 Å². The van der Waals surface area contributed by atoms with Crippen LogP contribution in [0.25, 0.3) is 0 Å². The number of nitrogens with one attached hydrogen (secondary N) is 1. The van der Waals surface area contributed by atoms with Crippen molar-refractivity contribution in [2.24, 2.45) is 0 Å². The Labute approximate surface area is 113 Å². The SMILES string of the molecule is CCCNc1cnc(CSC2CCOCC2)cn1. The summed E-state index contributed by atoms with van der Waals surface area (Å²) in [5, 5.41) is 3.95. The highest BCUT2D eigenvalue weighted by Gasteiger charge is 2.14. The average Bonchev–Trinajstić information content (AvgIpc) is 2.45. The van der Waals surface area contributed by atoms with Crippen molar-refractivity contribution in [2.45, 2.75) is 37.2 Å². The van der Waals surface area contributed by atoms with Gasteiger partial charge in [0, 0.05) is 30.8 Å². The molecule has 2 heterocycles. The van der Waals surface area contributed by atoms with Crippen LogP contribution in [0.3, 0.4) is 0 Å². The summed E-state index contributed by atoms with van der Waals surface area (Å²) >= 11 is 1.97. The average molecular weight is 267 g/mol. The highest BCUT2D eigenvalue weighted by Crippen LogP contribution is 2.24. The molecule has 2 rings (SSSR count). The zero-order chi connectivity index (χ0) is 12.6. The molecule has 100 valence electrons. The van der Waals surface area contributed by atoms with E-state index >= 15 is 0 Å². The number of hydrogen-bond donors (Lipinski definition) is 1. The highest BCUT2D eigenvalue weighted by molar-refractivity contribution is 7.99. The van der Waals surface area contributed by atoms with Gasteiger partial charge in [-0.1, -0.05) is 6.92 Å². The van der Waals surface area contributed by atoms with Crippen LogP contribution >= 0.6 is 11.8 Å². The first-order valence-corrected chi connectivity index (χ1v) is 7.67. The molecule has 18 heavy (non-hydrogen) atoms. The van der Waals surface area contributed by atoms with E-state index in [0.29, 0.717) is 0 Å². The number of anilines is 1. The fourth-order valence-electron chi connectivity index (χ4n) is 1.82. The van der Waals surface area contributed by atoms with Crippen molar-refractivity contribution in [3.8, 4) is 0 Å². The van der Waals surface area contributed by atoms with Crippen LogP contribution in [0.4, 0.5) is 5.82 Å². The summed E-state index contributed by atoms with van der Waals surface area (Å²) in [7, 11) is 0. The topological polar surface area (TPSA) is 47.0 Å². The molecule has 5 heteroatoms. The Morgan fingerprint density at radius 3 is 2.83 bits per heavy atom. The minimum Gasteiger partial charge on any atom is -0.381 e. The fraction of sp³-hybridized carbons (Fsp3) is 0.692. The summed E-state index contributed by atoms with van der Waals surface area (Å²) in [5.74, 6) is 1.82. The van der Waals surface area contributed by atoms with Crippen LogP contribution in [-0.4, -0.2) is 35.0 Å². The molecule has 1 saturated heterocycles. The molecule has 1 fully saturated rings. The monoisotopic (exact) mass is 267 g/mol. The molecule has 1 aromatic rings. The zero-order valence-electron chi connectivity index (χ0n) is 10.9. The summed E-state index contributed by atoms with van der Waals surface area (Å²) < 4.78 is 5.36. The van der Waals surface area contributed by atoms with E-state index in [2.05, 4.69) is 22.2 Å². The van der Waals surface area contributed by atoms with Gasteiger partial charge in [-0.2, -0.15) is 11.8 Å². The molecule has 1 N–H and O–H groups in total. The van der Waals surface area contributed by atoms with Gasteiger partial charge in [0.05, 0.1) is 18.1 Å². The van der Waals surface area contributed by atoms with E-state index in [1.807, 2.05) is 24.2 Å². The molecule has 1 aliphatic heterocycles. The van der Waals surface area contributed by atoms with E-state index in [0.717, 1.165) is 61.5 Å². The van der Waals surface area contributed by atoms with Crippen LogP contribution in [0, 0.1) is 0 Å². The van der Waals surface area contributed by atoms with Crippen molar-refractivity contribution >= 4 is 17.6 Å². The number of rotatable bonds is 6. The quantitative estimate of drug-likeness (QED) is 0.858. The van der Waals surface area contributed by atoms with Crippen LogP contribution in [0.15, 0.2) is 12.4 Å². The largest absolute Gasteiger partial charge is 0.381 e. The summed E-state index contributed by atoms with van der Waals surface area (Å²) in [6.45, 7) is 4.90. The maximum absolute atomic E-state index is 5.36. The van der Waals surface area contributed by atoms with E-state index < -0.39 is 0 Å². The lowest BCUT2D eigenvalue weighted by Crippen LogP contribution is -2.17. The number of thioether (sulfide) groups is 1. The standard InChI is InChI=1S/C13H21N3OS/c1-2-5-14-13-9-15-11(8-16-13)10-18-12-3-6-17-7-4-12/h8-9,12H,2-7,10H2,1H3,(H,14,16). The van der Waals surface area contributed by atoms with Gasteiger partial charge in [-0.3, -0.25) is 4.98 Å². The maximum Gasteiger partial charge on any atom is 0.144 e. The van der Waals surface area contributed by atoms with Gasteiger partial charge >= 0.3 is 0 Å². The van der Waals surface area contributed by atoms with Crippen LogP contribution in [0.5, 0.6) is 0 Å². The van der Waals surface area contributed by atoms with Crippen molar-refractivity contribution in [3.05, 3.63) is 18.1 Å². The maximum atomic E-state index is 5.36. The Balaban J connectivity index is 1.75. The van der Waals surface area contributed by atoms with Gasteiger partial charge in [-0.05, 0) is 19.3 Å². The van der Waals surface area contributed by atoms with Gasteiger partial charge in [-0.15, -0.1) is 0 Å². The van der Waals surface area contributed by atoms with Crippen molar-refractivity contribution in [1.29, 1.82) is 0 Å². The summed E-state index contributed by atoms with van der Waals surface area (Å²) in [5.41, 5.74) is 1.06. The second kappa shape index (κ2) is 7.59. The van der Waals surface area contributed by atoms with Crippen LogP contribution in [-0.2, 0) is 10.5 Å². The molecule has 0 unspecified atom stereocenters. The molecule has 0 amide bonds. The van der Waals surface area contributed by atoms with Crippen molar-refractivity contribution in [1.82, 2.24) is 9.97 Å². The Kier molecular flexibility index (Phi) is 5.74. The number of aromatic nitrogens is 2.